The Kier molecular flexibility index (Phi) is 10.1. The number of carbonyl (C=O) groups is 1. The molecule has 6 heteroatoms. The van der Waals surface area contributed by atoms with Gasteiger partial charge >= 0.3 is 128 Å². The normalized spacial score (nSPS) is 13.8. The molecule has 0 rings (SSSR count). The monoisotopic (exact) mass is 326 g/mol. The Labute approximate surface area is 128 Å². The third-order valence-electron chi connectivity index (χ3n) is 3.98. The van der Waals surface area contributed by atoms with Crippen molar-refractivity contribution in [2.24, 2.45) is 0 Å². The van der Waals surface area contributed by atoms with Crippen LogP contribution in [0.3, 0.4) is 0 Å². The fraction of sp³-hybridized carbons (Fsp3) is 0.929. The Morgan fingerprint density at radius 1 is 1.15 bits per heavy atom. The van der Waals surface area contributed by atoms with E-state index < -0.39 is 6.83 Å². The molecule has 0 atom stereocenters. The van der Waals surface area contributed by atoms with Gasteiger partial charge < -0.3 is 0 Å². The van der Waals surface area contributed by atoms with Crippen LogP contribution < -0.4 is 0 Å². The summed E-state index contributed by atoms with van der Waals surface area (Å²) in [4.78, 5) is 12.0. The van der Waals surface area contributed by atoms with Crippen LogP contribution in [0.25, 0.3) is 0 Å². The first-order valence-corrected chi connectivity index (χ1v) is 11.8. The minimum absolute atomic E-state index is 0.0555. The van der Waals surface area contributed by atoms with E-state index in [9.17, 15) is 4.79 Å². The minimum atomic E-state index is -2.42. The van der Waals surface area contributed by atoms with Crippen LogP contribution in [0, 0.1) is 0 Å². The SMILES string of the molecule is CCP(C)(CC)(CCOCCOC)OC(=O)CCSC. The zero-order valence-corrected chi connectivity index (χ0v) is 15.4. The second kappa shape index (κ2) is 9.99. The molecular weight excluding hydrogens is 295 g/mol. The van der Waals surface area contributed by atoms with Crippen molar-refractivity contribution in [2.45, 2.75) is 20.3 Å². The van der Waals surface area contributed by atoms with Crippen LogP contribution in [-0.2, 0) is 18.8 Å². The number of thioether (sulfide) groups is 1. The first-order valence-electron chi connectivity index (χ1n) is 7.23. The second-order valence-electron chi connectivity index (χ2n) is 5.36. The molecule has 0 aromatic carbocycles. The molecule has 0 aliphatic carbocycles. The Morgan fingerprint density at radius 3 is 2.30 bits per heavy atom. The first-order chi connectivity index (χ1) is 9.43. The average Bonchev–Trinajstić information content (AvgIpc) is 2.45. The fourth-order valence-corrected chi connectivity index (χ4v) is 5.00. The van der Waals surface area contributed by atoms with Gasteiger partial charge in [-0.25, -0.2) is 0 Å². The van der Waals surface area contributed by atoms with Crippen molar-refractivity contribution >= 4 is 24.6 Å². The van der Waals surface area contributed by atoms with Gasteiger partial charge in [0, 0.05) is 0 Å². The molecule has 0 aromatic rings. The summed E-state index contributed by atoms with van der Waals surface area (Å²) < 4.78 is 16.5. The van der Waals surface area contributed by atoms with E-state index in [4.69, 9.17) is 14.0 Å². The molecule has 0 N–H and O–H groups in total. The van der Waals surface area contributed by atoms with Crippen molar-refractivity contribution in [1.29, 1.82) is 0 Å². The van der Waals surface area contributed by atoms with E-state index in [1.54, 1.807) is 18.9 Å². The molecule has 0 unspecified atom stereocenters. The van der Waals surface area contributed by atoms with Gasteiger partial charge in [-0.2, -0.15) is 0 Å². The third-order valence-corrected chi connectivity index (χ3v) is 10.4. The Morgan fingerprint density at radius 2 is 1.80 bits per heavy atom. The van der Waals surface area contributed by atoms with E-state index in [1.807, 2.05) is 6.26 Å². The standard InChI is InChI=1S/C14H31O4PS/c1-6-19(4,7-2,12-11-17-10-9-16-3)18-14(15)8-13-20-5/h6-13H2,1-5H3. The van der Waals surface area contributed by atoms with Gasteiger partial charge in [-0.3, -0.25) is 0 Å². The molecule has 0 radical (unpaired) electrons. The van der Waals surface area contributed by atoms with Gasteiger partial charge in [0.05, 0.1) is 0 Å². The zero-order chi connectivity index (χ0) is 15.5. The molecule has 4 nitrogen and oxygen atoms in total. The molecule has 20 heavy (non-hydrogen) atoms. The number of carbonyl (C=O) groups excluding carboxylic acids is 1. The molecule has 0 aromatic heterocycles. The van der Waals surface area contributed by atoms with E-state index in [2.05, 4.69) is 20.5 Å². The van der Waals surface area contributed by atoms with Crippen molar-refractivity contribution < 1.29 is 18.8 Å². The van der Waals surface area contributed by atoms with Crippen LogP contribution in [0.2, 0.25) is 0 Å². The van der Waals surface area contributed by atoms with Crippen molar-refractivity contribution in [3.63, 3.8) is 0 Å². The van der Waals surface area contributed by atoms with Crippen LogP contribution in [0.5, 0.6) is 0 Å². The number of ether oxygens (including phenoxy) is 2. The van der Waals surface area contributed by atoms with Crippen LogP contribution >= 0.6 is 18.6 Å². The van der Waals surface area contributed by atoms with Gasteiger partial charge in [0.1, 0.15) is 0 Å². The van der Waals surface area contributed by atoms with E-state index in [0.717, 1.165) is 24.2 Å². The van der Waals surface area contributed by atoms with Gasteiger partial charge in [-0.1, -0.05) is 0 Å². The molecule has 0 saturated carbocycles. The molecule has 0 heterocycles. The summed E-state index contributed by atoms with van der Waals surface area (Å²) in [6.45, 7) is 5.82. The molecule has 0 aliphatic rings. The molecule has 0 saturated heterocycles. The second-order valence-corrected chi connectivity index (χ2v) is 12.6. The maximum atomic E-state index is 12.0. The Bertz CT molecular complexity index is 282. The van der Waals surface area contributed by atoms with E-state index in [1.165, 1.54) is 0 Å². The zero-order valence-electron chi connectivity index (χ0n) is 13.6. The Hall–Kier alpha value is 0.170. The maximum absolute atomic E-state index is 12.0. The molecule has 0 bridgehead atoms. The number of hydrogen-bond acceptors (Lipinski definition) is 5. The first kappa shape index (κ1) is 20.2. The van der Waals surface area contributed by atoms with Crippen molar-refractivity contribution in [3.05, 3.63) is 0 Å². The molecule has 0 amide bonds. The van der Waals surface area contributed by atoms with Crippen LogP contribution in [0.4, 0.5) is 0 Å². The topological polar surface area (TPSA) is 44.8 Å². The number of rotatable bonds is 12. The molecular formula is C14H31O4PS. The molecule has 0 fully saturated rings. The predicted molar refractivity (Wildman–Crippen MR) is 90.6 cm³/mol. The molecule has 122 valence electrons. The number of methoxy groups -OCH3 is 1. The summed E-state index contributed by atoms with van der Waals surface area (Å²) in [6.07, 6.45) is 5.18. The van der Waals surface area contributed by atoms with E-state index >= 15 is 0 Å². The van der Waals surface area contributed by atoms with Gasteiger partial charge in [0.25, 0.3) is 0 Å². The molecule has 0 spiro atoms. The van der Waals surface area contributed by atoms with Crippen molar-refractivity contribution in [2.75, 3.05) is 64.1 Å². The van der Waals surface area contributed by atoms with E-state index in [0.29, 0.717) is 26.2 Å². The summed E-state index contributed by atoms with van der Waals surface area (Å²) in [6, 6.07) is 0. The predicted octanol–water partition coefficient (Wildman–Crippen LogP) is 3.08. The van der Waals surface area contributed by atoms with Crippen molar-refractivity contribution in [1.82, 2.24) is 0 Å². The third kappa shape index (κ3) is 7.26. The summed E-state index contributed by atoms with van der Waals surface area (Å²) in [5.74, 6) is 0.767. The van der Waals surface area contributed by atoms with E-state index in [-0.39, 0.29) is 5.97 Å². The summed E-state index contributed by atoms with van der Waals surface area (Å²) in [5, 5.41) is 0. The summed E-state index contributed by atoms with van der Waals surface area (Å²) in [7, 11) is 1.66. The van der Waals surface area contributed by atoms with Crippen molar-refractivity contribution in [3.8, 4) is 0 Å². The van der Waals surface area contributed by atoms with Gasteiger partial charge in [0.2, 0.25) is 0 Å². The van der Waals surface area contributed by atoms with Crippen LogP contribution in [0.15, 0.2) is 0 Å². The van der Waals surface area contributed by atoms with Crippen LogP contribution in [-0.4, -0.2) is 70.1 Å². The van der Waals surface area contributed by atoms with Gasteiger partial charge in [-0.05, 0) is 0 Å². The fourth-order valence-electron chi connectivity index (χ4n) is 1.83. The number of hydrogen-bond donors (Lipinski definition) is 0. The Balaban J connectivity index is 4.48. The van der Waals surface area contributed by atoms with Gasteiger partial charge in [0.15, 0.2) is 0 Å². The quantitative estimate of drug-likeness (QED) is 0.407. The summed E-state index contributed by atoms with van der Waals surface area (Å²) in [5.41, 5.74) is 0. The van der Waals surface area contributed by atoms with Crippen LogP contribution in [0.1, 0.15) is 20.3 Å². The summed E-state index contributed by atoms with van der Waals surface area (Å²) >= 11 is 1.67. The average molecular weight is 326 g/mol. The van der Waals surface area contributed by atoms with Gasteiger partial charge in [-0.15, -0.1) is 0 Å². The molecule has 0 aliphatic heterocycles.